The van der Waals surface area contributed by atoms with E-state index in [2.05, 4.69) is 54.9 Å². The van der Waals surface area contributed by atoms with Crippen molar-refractivity contribution in [3.05, 3.63) is 53.2 Å². The minimum Gasteiger partial charge on any atom is -0.440 e. The zero-order valence-electron chi connectivity index (χ0n) is 19.6. The van der Waals surface area contributed by atoms with Gasteiger partial charge in [-0.05, 0) is 54.5 Å². The Balaban J connectivity index is 1.19. The Hall–Kier alpha value is -1.79. The van der Waals surface area contributed by atoms with Gasteiger partial charge in [0.15, 0.2) is 18.0 Å². The highest BCUT2D eigenvalue weighted by molar-refractivity contribution is 7.99. The van der Waals surface area contributed by atoms with Crippen molar-refractivity contribution >= 4 is 17.6 Å². The number of benzene rings is 1. The molecule has 31 heavy (non-hydrogen) atoms. The lowest BCUT2D eigenvalue weighted by Gasteiger charge is -2.23. The lowest BCUT2D eigenvalue weighted by molar-refractivity contribution is 0.299. The molecule has 1 aliphatic carbocycles. The zero-order chi connectivity index (χ0) is 22.2. The predicted octanol–water partition coefficient (Wildman–Crippen LogP) is 4.89. The number of piperidine rings is 1. The van der Waals surface area contributed by atoms with Crippen LogP contribution in [0.25, 0.3) is 0 Å². The summed E-state index contributed by atoms with van der Waals surface area (Å²) in [5.41, 5.74) is 4.39. The van der Waals surface area contributed by atoms with Gasteiger partial charge in [-0.1, -0.05) is 45.0 Å². The average molecular weight is 441 g/mol. The maximum absolute atomic E-state index is 8.26. The van der Waals surface area contributed by atoms with E-state index < -0.39 is 0 Å². The Morgan fingerprint density at radius 2 is 2.06 bits per heavy atom. The first kappa shape index (κ1) is 22.4. The van der Waals surface area contributed by atoms with Crippen molar-refractivity contribution in [2.45, 2.75) is 51.4 Å². The fraction of sp³-hybridized carbons (Fsp3) is 0.600. The predicted molar refractivity (Wildman–Crippen MR) is 129 cm³/mol. The first-order valence-electron chi connectivity index (χ1n) is 11.3. The van der Waals surface area contributed by atoms with Crippen molar-refractivity contribution in [1.29, 1.82) is 5.41 Å². The number of oxazole rings is 1. The summed E-state index contributed by atoms with van der Waals surface area (Å²) in [4.78, 5) is 8.67. The van der Waals surface area contributed by atoms with Gasteiger partial charge >= 0.3 is 0 Å². The van der Waals surface area contributed by atoms with Crippen molar-refractivity contribution in [1.82, 2.24) is 14.8 Å². The summed E-state index contributed by atoms with van der Waals surface area (Å²) >= 11 is 1.88. The van der Waals surface area contributed by atoms with Crippen LogP contribution >= 0.6 is 11.8 Å². The minimum absolute atomic E-state index is 0.221. The number of rotatable bonds is 8. The summed E-state index contributed by atoms with van der Waals surface area (Å²) in [7, 11) is 1.94. The zero-order valence-corrected chi connectivity index (χ0v) is 20.4. The van der Waals surface area contributed by atoms with Crippen LogP contribution in [0.1, 0.15) is 56.2 Å². The molecule has 0 spiro atoms. The van der Waals surface area contributed by atoms with E-state index in [1.807, 2.05) is 30.6 Å². The first-order valence-corrected chi connectivity index (χ1v) is 12.5. The van der Waals surface area contributed by atoms with Gasteiger partial charge in [0.2, 0.25) is 0 Å². The van der Waals surface area contributed by atoms with Crippen molar-refractivity contribution in [2.24, 2.45) is 5.92 Å². The monoisotopic (exact) mass is 440 g/mol. The molecule has 4 rings (SSSR count). The molecular formula is C25H36N4OS. The largest absolute Gasteiger partial charge is 0.440 e. The molecule has 2 aliphatic rings. The van der Waals surface area contributed by atoms with Crippen molar-refractivity contribution in [3.8, 4) is 0 Å². The third kappa shape index (κ3) is 4.70. The van der Waals surface area contributed by atoms with E-state index in [0.717, 1.165) is 23.2 Å². The van der Waals surface area contributed by atoms with Gasteiger partial charge in [-0.3, -0.25) is 5.41 Å². The molecule has 0 bridgehead atoms. The van der Waals surface area contributed by atoms with E-state index in [-0.39, 0.29) is 5.41 Å². The molecule has 5 nitrogen and oxygen atoms in total. The Labute approximate surface area is 191 Å². The Morgan fingerprint density at radius 1 is 1.32 bits per heavy atom. The molecule has 2 heterocycles. The van der Waals surface area contributed by atoms with Crippen LogP contribution in [0.15, 0.2) is 35.1 Å². The molecule has 0 unspecified atom stereocenters. The molecule has 1 aromatic carbocycles. The fourth-order valence-corrected chi connectivity index (χ4v) is 5.73. The van der Waals surface area contributed by atoms with Crippen LogP contribution in [0.2, 0.25) is 0 Å². The van der Waals surface area contributed by atoms with Crippen molar-refractivity contribution in [2.75, 3.05) is 38.3 Å². The number of nitrogens with zero attached hydrogens (tertiary/aromatic N) is 3. The second-order valence-corrected chi connectivity index (χ2v) is 11.4. The molecule has 1 saturated carbocycles. The smallest absolute Gasteiger partial charge is 0.191 e. The molecule has 1 aliphatic heterocycles. The summed E-state index contributed by atoms with van der Waals surface area (Å²) in [6, 6.07) is 9.46. The lowest BCUT2D eigenvalue weighted by atomic mass is 9.85. The van der Waals surface area contributed by atoms with Crippen LogP contribution < -0.4 is 0 Å². The normalized spacial score (nSPS) is 23.1. The highest BCUT2D eigenvalue weighted by Gasteiger charge is 2.60. The number of hydrogen-bond acceptors (Lipinski definition) is 5. The standard InChI is InChI=1S/C25H36N4OS/c1-18-22(30-16-27-18)23(26)28(5)17-31-12-6-11-29-14-21-13-25(21,15-29)20-9-7-19(8-10-20)24(2,3)4/h7-10,16,21,26H,6,11-15,17H2,1-5H3/t21-,25+/m1/s1. The maximum atomic E-state index is 8.26. The number of aryl methyl sites for hydroxylation is 1. The van der Waals surface area contributed by atoms with Gasteiger partial charge in [0, 0.05) is 25.6 Å². The number of likely N-dealkylation sites (tertiary alicyclic amines) is 1. The summed E-state index contributed by atoms with van der Waals surface area (Å²) in [6.45, 7) is 12.4. The van der Waals surface area contributed by atoms with E-state index in [1.165, 1.54) is 44.4 Å². The molecule has 1 saturated heterocycles. The molecule has 0 amide bonds. The van der Waals surface area contributed by atoms with Gasteiger partial charge in [-0.2, -0.15) is 0 Å². The average Bonchev–Trinajstić information content (AvgIpc) is 3.06. The third-order valence-corrected chi connectivity index (χ3v) is 8.08. The fourth-order valence-electron chi connectivity index (χ4n) is 4.87. The number of amidine groups is 1. The maximum Gasteiger partial charge on any atom is 0.191 e. The minimum atomic E-state index is 0.221. The lowest BCUT2D eigenvalue weighted by Crippen LogP contribution is -2.28. The van der Waals surface area contributed by atoms with E-state index in [0.29, 0.717) is 17.0 Å². The van der Waals surface area contributed by atoms with Gasteiger partial charge < -0.3 is 14.2 Å². The summed E-state index contributed by atoms with van der Waals surface area (Å²) in [6.07, 6.45) is 3.96. The van der Waals surface area contributed by atoms with Crippen molar-refractivity contribution in [3.63, 3.8) is 0 Å². The SMILES string of the molecule is Cc1ncoc1C(=N)N(C)CSCCCN1C[C@H]2C[C@@]2(c2ccc(C(C)(C)C)cc2)C1. The van der Waals surface area contributed by atoms with E-state index in [1.54, 1.807) is 5.56 Å². The Morgan fingerprint density at radius 3 is 2.71 bits per heavy atom. The van der Waals surface area contributed by atoms with Gasteiger partial charge in [0.05, 0.1) is 11.6 Å². The van der Waals surface area contributed by atoms with E-state index in [4.69, 9.17) is 9.83 Å². The second kappa shape index (κ2) is 8.62. The number of hydrogen-bond donors (Lipinski definition) is 1. The van der Waals surface area contributed by atoms with Crippen LogP contribution in [-0.4, -0.2) is 58.9 Å². The Bertz CT molecular complexity index is 916. The number of fused-ring (bicyclic) bond motifs is 1. The Kier molecular flexibility index (Phi) is 6.23. The van der Waals surface area contributed by atoms with Gasteiger partial charge in [0.25, 0.3) is 0 Å². The second-order valence-electron chi connectivity index (χ2n) is 10.3. The van der Waals surface area contributed by atoms with Crippen LogP contribution in [0.4, 0.5) is 0 Å². The van der Waals surface area contributed by atoms with E-state index >= 15 is 0 Å². The summed E-state index contributed by atoms with van der Waals surface area (Å²) in [5.74, 6) is 3.73. The molecular weight excluding hydrogens is 404 g/mol. The molecule has 168 valence electrons. The van der Waals surface area contributed by atoms with Crippen LogP contribution in [0.3, 0.4) is 0 Å². The third-order valence-electron chi connectivity index (χ3n) is 6.93. The van der Waals surface area contributed by atoms with Crippen LogP contribution in [0, 0.1) is 18.3 Å². The van der Waals surface area contributed by atoms with Crippen LogP contribution in [0.5, 0.6) is 0 Å². The molecule has 1 N–H and O–H groups in total. The summed E-state index contributed by atoms with van der Waals surface area (Å²) < 4.78 is 5.33. The summed E-state index contributed by atoms with van der Waals surface area (Å²) in [5, 5.41) is 8.26. The quantitative estimate of drug-likeness (QED) is 0.274. The van der Waals surface area contributed by atoms with Crippen LogP contribution in [-0.2, 0) is 10.8 Å². The molecule has 0 radical (unpaired) electrons. The number of nitrogens with one attached hydrogen (secondary N) is 1. The van der Waals surface area contributed by atoms with Gasteiger partial charge in [-0.25, -0.2) is 4.98 Å². The number of thioether (sulfide) groups is 1. The first-order chi connectivity index (χ1) is 14.7. The highest BCUT2D eigenvalue weighted by Crippen LogP contribution is 2.59. The highest BCUT2D eigenvalue weighted by atomic mass is 32.2. The van der Waals surface area contributed by atoms with Crippen molar-refractivity contribution < 1.29 is 4.42 Å². The van der Waals surface area contributed by atoms with E-state index in [9.17, 15) is 0 Å². The molecule has 6 heteroatoms. The van der Waals surface area contributed by atoms with Gasteiger partial charge in [-0.15, -0.1) is 11.8 Å². The molecule has 2 fully saturated rings. The van der Waals surface area contributed by atoms with Gasteiger partial charge in [0.1, 0.15) is 0 Å². The molecule has 2 aromatic rings. The molecule has 1 aromatic heterocycles. The topological polar surface area (TPSA) is 56.4 Å². The number of aromatic nitrogens is 1. The molecule has 2 atom stereocenters.